The number of nitrogens with zero attached hydrogens (tertiary/aromatic N) is 3. The first kappa shape index (κ1) is 18.8. The molecule has 1 aromatic heterocycles. The Morgan fingerprint density at radius 2 is 1.93 bits per heavy atom. The van der Waals surface area contributed by atoms with Gasteiger partial charge in [0, 0.05) is 23.5 Å². The number of aromatic nitrogens is 2. The maximum absolute atomic E-state index is 13.2. The van der Waals surface area contributed by atoms with Crippen LogP contribution in [-0.4, -0.2) is 36.3 Å². The molecule has 1 atom stereocenters. The summed E-state index contributed by atoms with van der Waals surface area (Å²) in [5, 5.41) is 1.17. The SMILES string of the molecule is COc1ccccc1-c1nc(N2CCC(C(F)(F)F)C2)c2ccc(Cl)cc2n1. The van der Waals surface area contributed by atoms with Gasteiger partial charge in [0.2, 0.25) is 0 Å². The van der Waals surface area contributed by atoms with Crippen molar-refractivity contribution < 1.29 is 17.9 Å². The molecule has 1 unspecified atom stereocenters. The minimum atomic E-state index is -4.22. The first-order valence-electron chi connectivity index (χ1n) is 8.79. The lowest BCUT2D eigenvalue weighted by atomic mass is 10.1. The van der Waals surface area contributed by atoms with E-state index < -0.39 is 12.1 Å². The molecule has 0 amide bonds. The highest BCUT2D eigenvalue weighted by atomic mass is 35.5. The van der Waals surface area contributed by atoms with Crippen LogP contribution in [0.2, 0.25) is 5.02 Å². The minimum absolute atomic E-state index is 0.0482. The third kappa shape index (κ3) is 3.46. The van der Waals surface area contributed by atoms with Gasteiger partial charge in [0.1, 0.15) is 11.6 Å². The van der Waals surface area contributed by atoms with Gasteiger partial charge in [0.25, 0.3) is 0 Å². The second kappa shape index (κ2) is 7.13. The predicted molar refractivity (Wildman–Crippen MR) is 103 cm³/mol. The number of ether oxygens (including phenoxy) is 1. The maximum atomic E-state index is 13.2. The molecular weight excluding hydrogens is 391 g/mol. The number of para-hydroxylation sites is 1. The highest BCUT2D eigenvalue weighted by Gasteiger charge is 2.44. The first-order chi connectivity index (χ1) is 13.4. The van der Waals surface area contributed by atoms with Crippen LogP contribution in [0.1, 0.15) is 6.42 Å². The van der Waals surface area contributed by atoms with Gasteiger partial charge in [-0.25, -0.2) is 9.97 Å². The fourth-order valence-electron chi connectivity index (χ4n) is 3.50. The van der Waals surface area contributed by atoms with Crippen molar-refractivity contribution in [3.8, 4) is 17.1 Å². The monoisotopic (exact) mass is 407 g/mol. The summed E-state index contributed by atoms with van der Waals surface area (Å²) in [6.45, 7) is 0.161. The number of hydrogen-bond donors (Lipinski definition) is 0. The quantitative estimate of drug-likeness (QED) is 0.586. The lowest BCUT2D eigenvalue weighted by Crippen LogP contribution is -2.28. The number of methoxy groups -OCH3 is 1. The van der Waals surface area contributed by atoms with E-state index in [2.05, 4.69) is 9.97 Å². The molecule has 1 fully saturated rings. The number of halogens is 4. The molecule has 1 aliphatic rings. The molecule has 0 N–H and O–H groups in total. The fraction of sp³-hybridized carbons (Fsp3) is 0.300. The highest BCUT2D eigenvalue weighted by Crippen LogP contribution is 2.38. The summed E-state index contributed by atoms with van der Waals surface area (Å²) >= 11 is 6.12. The highest BCUT2D eigenvalue weighted by molar-refractivity contribution is 6.31. The molecule has 8 heteroatoms. The fourth-order valence-corrected chi connectivity index (χ4v) is 3.66. The molecule has 0 saturated carbocycles. The Balaban J connectivity index is 1.86. The van der Waals surface area contributed by atoms with Crippen LogP contribution in [0.4, 0.5) is 19.0 Å². The van der Waals surface area contributed by atoms with Crippen molar-refractivity contribution in [2.75, 3.05) is 25.1 Å². The molecule has 3 aromatic rings. The van der Waals surface area contributed by atoms with E-state index in [9.17, 15) is 13.2 Å². The van der Waals surface area contributed by atoms with E-state index in [-0.39, 0.29) is 19.5 Å². The van der Waals surface area contributed by atoms with Crippen molar-refractivity contribution >= 4 is 28.3 Å². The number of hydrogen-bond acceptors (Lipinski definition) is 4. The third-order valence-electron chi connectivity index (χ3n) is 4.94. The zero-order valence-corrected chi connectivity index (χ0v) is 15.8. The van der Waals surface area contributed by atoms with Crippen molar-refractivity contribution in [2.45, 2.75) is 12.6 Å². The van der Waals surface area contributed by atoms with Crippen molar-refractivity contribution in [3.05, 3.63) is 47.5 Å². The molecule has 4 rings (SSSR count). The summed E-state index contributed by atoms with van der Waals surface area (Å²) in [6, 6.07) is 12.4. The molecule has 28 heavy (non-hydrogen) atoms. The molecule has 0 aliphatic carbocycles. The van der Waals surface area contributed by atoms with Gasteiger partial charge in [-0.3, -0.25) is 0 Å². The normalized spacial score (nSPS) is 17.3. The van der Waals surface area contributed by atoms with Crippen LogP contribution in [0, 0.1) is 5.92 Å². The van der Waals surface area contributed by atoms with E-state index in [0.29, 0.717) is 38.9 Å². The van der Waals surface area contributed by atoms with E-state index >= 15 is 0 Å². The van der Waals surface area contributed by atoms with Crippen molar-refractivity contribution in [1.82, 2.24) is 9.97 Å². The Bertz CT molecular complexity index is 1030. The van der Waals surface area contributed by atoms with Gasteiger partial charge in [-0.15, -0.1) is 0 Å². The zero-order chi connectivity index (χ0) is 19.9. The van der Waals surface area contributed by atoms with Crippen LogP contribution in [0.25, 0.3) is 22.3 Å². The number of rotatable bonds is 3. The summed E-state index contributed by atoms with van der Waals surface area (Å²) in [5.41, 5.74) is 1.24. The van der Waals surface area contributed by atoms with Gasteiger partial charge in [-0.1, -0.05) is 23.7 Å². The molecule has 146 valence electrons. The summed E-state index contributed by atoms with van der Waals surface area (Å²) in [4.78, 5) is 10.9. The van der Waals surface area contributed by atoms with E-state index in [1.807, 2.05) is 18.2 Å². The van der Waals surface area contributed by atoms with Crippen LogP contribution in [-0.2, 0) is 0 Å². The number of fused-ring (bicyclic) bond motifs is 1. The summed E-state index contributed by atoms with van der Waals surface area (Å²) in [6.07, 6.45) is -4.17. The molecule has 1 saturated heterocycles. The largest absolute Gasteiger partial charge is 0.496 e. The van der Waals surface area contributed by atoms with Crippen LogP contribution >= 0.6 is 11.6 Å². The van der Waals surface area contributed by atoms with Gasteiger partial charge in [0.05, 0.1) is 24.1 Å². The molecule has 1 aliphatic heterocycles. The summed E-state index contributed by atoms with van der Waals surface area (Å²) in [7, 11) is 1.55. The van der Waals surface area contributed by atoms with Crippen molar-refractivity contribution in [1.29, 1.82) is 0 Å². The average molecular weight is 408 g/mol. The Morgan fingerprint density at radius 1 is 1.14 bits per heavy atom. The molecule has 0 spiro atoms. The summed E-state index contributed by atoms with van der Waals surface area (Å²) in [5.74, 6) is 0.0935. The molecule has 4 nitrogen and oxygen atoms in total. The van der Waals surface area contributed by atoms with Crippen molar-refractivity contribution in [2.24, 2.45) is 5.92 Å². The summed E-state index contributed by atoms with van der Waals surface area (Å²) < 4.78 is 44.9. The predicted octanol–water partition coefficient (Wildman–Crippen LogP) is 5.35. The van der Waals surface area contributed by atoms with E-state index in [0.717, 1.165) is 0 Å². The van der Waals surface area contributed by atoms with Gasteiger partial charge in [-0.2, -0.15) is 13.2 Å². The maximum Gasteiger partial charge on any atom is 0.393 e. The second-order valence-corrected chi connectivity index (χ2v) is 7.14. The lowest BCUT2D eigenvalue weighted by Gasteiger charge is -2.21. The van der Waals surface area contributed by atoms with E-state index in [1.54, 1.807) is 36.3 Å². The molecule has 2 aromatic carbocycles. The molecule has 0 bridgehead atoms. The van der Waals surface area contributed by atoms with E-state index in [1.165, 1.54) is 0 Å². The number of benzene rings is 2. The molecule has 0 radical (unpaired) electrons. The molecule has 2 heterocycles. The van der Waals surface area contributed by atoms with Crippen molar-refractivity contribution in [3.63, 3.8) is 0 Å². The van der Waals surface area contributed by atoms with E-state index in [4.69, 9.17) is 16.3 Å². The number of anilines is 1. The van der Waals surface area contributed by atoms with Gasteiger partial charge in [-0.05, 0) is 36.8 Å². The second-order valence-electron chi connectivity index (χ2n) is 6.71. The topological polar surface area (TPSA) is 38.2 Å². The van der Waals surface area contributed by atoms with Crippen LogP contribution in [0.15, 0.2) is 42.5 Å². The zero-order valence-electron chi connectivity index (χ0n) is 15.0. The van der Waals surface area contributed by atoms with Crippen LogP contribution in [0.3, 0.4) is 0 Å². The Kier molecular flexibility index (Phi) is 4.79. The Hall–Kier alpha value is -2.54. The standard InChI is InChI=1S/C20H17ClF3N3O/c1-28-17-5-3-2-4-15(17)18-25-16-10-13(21)6-7-14(16)19(26-18)27-9-8-12(11-27)20(22,23)24/h2-7,10,12H,8-9,11H2,1H3. The van der Waals surface area contributed by atoms with Crippen LogP contribution in [0.5, 0.6) is 5.75 Å². The average Bonchev–Trinajstić information content (AvgIpc) is 3.17. The van der Waals surface area contributed by atoms with Gasteiger partial charge in [0.15, 0.2) is 5.82 Å². The minimum Gasteiger partial charge on any atom is -0.496 e. The smallest absolute Gasteiger partial charge is 0.393 e. The Morgan fingerprint density at radius 3 is 2.64 bits per heavy atom. The van der Waals surface area contributed by atoms with Crippen LogP contribution < -0.4 is 9.64 Å². The lowest BCUT2D eigenvalue weighted by molar-refractivity contribution is -0.168. The number of alkyl halides is 3. The van der Waals surface area contributed by atoms with Gasteiger partial charge < -0.3 is 9.64 Å². The Labute approximate surface area is 164 Å². The molecular formula is C20H17ClF3N3O. The third-order valence-corrected chi connectivity index (χ3v) is 5.17. The van der Waals surface area contributed by atoms with Gasteiger partial charge >= 0.3 is 6.18 Å². The first-order valence-corrected chi connectivity index (χ1v) is 9.17.